The van der Waals surface area contributed by atoms with Crippen LogP contribution in [0.3, 0.4) is 0 Å². The molecule has 1 aromatic carbocycles. The molecule has 19 heavy (non-hydrogen) atoms. The van der Waals surface area contributed by atoms with Crippen molar-refractivity contribution < 1.29 is 8.42 Å². The second-order valence-corrected chi connectivity index (χ2v) is 7.98. The van der Waals surface area contributed by atoms with Crippen LogP contribution in [0.4, 0.5) is 0 Å². The summed E-state index contributed by atoms with van der Waals surface area (Å²) in [5, 5.41) is 0.752. The number of benzene rings is 1. The van der Waals surface area contributed by atoms with Gasteiger partial charge in [-0.05, 0) is 49.3 Å². The molecule has 0 heterocycles. The molecule has 0 bridgehead atoms. The predicted octanol–water partition coefficient (Wildman–Crippen LogP) is 3.14. The first-order chi connectivity index (χ1) is 9.11. The van der Waals surface area contributed by atoms with Crippen LogP contribution in [-0.2, 0) is 15.4 Å². The highest BCUT2D eigenvalue weighted by Crippen LogP contribution is 2.38. The Morgan fingerprint density at radius 3 is 2.21 bits per heavy atom. The molecule has 0 saturated heterocycles. The van der Waals surface area contributed by atoms with E-state index >= 15 is 0 Å². The minimum atomic E-state index is -3.30. The molecule has 2 saturated carbocycles. The lowest BCUT2D eigenvalue weighted by atomic mass is 10.2. The van der Waals surface area contributed by atoms with E-state index in [1.165, 1.54) is 12.8 Å². The Kier molecular flexibility index (Phi) is 3.71. The number of alkyl halides is 1. The fourth-order valence-electron chi connectivity index (χ4n) is 2.25. The zero-order valence-corrected chi connectivity index (χ0v) is 13.2. The molecule has 104 valence electrons. The van der Waals surface area contributed by atoms with Gasteiger partial charge in [-0.2, -0.15) is 4.31 Å². The normalized spacial score (nSPS) is 19.9. The quantitative estimate of drug-likeness (QED) is 0.744. The van der Waals surface area contributed by atoms with Crippen LogP contribution in [0.5, 0.6) is 0 Å². The van der Waals surface area contributed by atoms with Gasteiger partial charge in [0.1, 0.15) is 0 Å². The maximum absolute atomic E-state index is 12.7. The highest BCUT2D eigenvalue weighted by molar-refractivity contribution is 9.08. The molecule has 3 nitrogen and oxygen atoms in total. The van der Waals surface area contributed by atoms with Gasteiger partial charge in [-0.25, -0.2) is 8.42 Å². The minimum absolute atomic E-state index is 0.251. The van der Waals surface area contributed by atoms with E-state index in [9.17, 15) is 8.42 Å². The van der Waals surface area contributed by atoms with E-state index in [2.05, 4.69) is 15.9 Å². The van der Waals surface area contributed by atoms with Crippen LogP contribution in [0.15, 0.2) is 29.2 Å². The van der Waals surface area contributed by atoms with Crippen LogP contribution in [0.2, 0.25) is 0 Å². The standard InChI is InChI=1S/C14H18BrNO2S/c15-9-11-3-7-14(8-4-11)19(17,18)16(13-5-6-13)10-12-1-2-12/h3-4,7-8,12-13H,1-2,5-6,9-10H2. The molecule has 0 aromatic heterocycles. The Labute approximate surface area is 123 Å². The molecule has 0 amide bonds. The fourth-order valence-corrected chi connectivity index (χ4v) is 4.38. The van der Waals surface area contributed by atoms with Gasteiger partial charge in [-0.1, -0.05) is 28.1 Å². The largest absolute Gasteiger partial charge is 0.243 e. The molecule has 3 rings (SSSR count). The lowest BCUT2D eigenvalue weighted by molar-refractivity contribution is 0.389. The average molecular weight is 344 g/mol. The second-order valence-electron chi connectivity index (χ2n) is 5.53. The molecule has 0 aliphatic heterocycles. The van der Waals surface area contributed by atoms with Crippen LogP contribution < -0.4 is 0 Å². The van der Waals surface area contributed by atoms with Crippen molar-refractivity contribution in [1.82, 2.24) is 4.31 Å². The van der Waals surface area contributed by atoms with E-state index in [0.29, 0.717) is 17.4 Å². The summed E-state index contributed by atoms with van der Waals surface area (Å²) in [4.78, 5) is 0.435. The summed E-state index contributed by atoms with van der Waals surface area (Å²) in [5.41, 5.74) is 1.10. The molecule has 0 radical (unpaired) electrons. The number of hydrogen-bond acceptors (Lipinski definition) is 2. The molecule has 0 atom stereocenters. The van der Waals surface area contributed by atoms with Crippen LogP contribution >= 0.6 is 15.9 Å². The summed E-state index contributed by atoms with van der Waals surface area (Å²) in [6, 6.07) is 7.47. The predicted molar refractivity (Wildman–Crippen MR) is 78.7 cm³/mol. The SMILES string of the molecule is O=S(=O)(c1ccc(CBr)cc1)N(CC1CC1)C1CC1. The third kappa shape index (κ3) is 3.03. The van der Waals surface area contributed by atoms with Crippen molar-refractivity contribution in [3.8, 4) is 0 Å². The summed E-state index contributed by atoms with van der Waals surface area (Å²) in [7, 11) is -3.30. The Morgan fingerprint density at radius 1 is 1.11 bits per heavy atom. The van der Waals surface area contributed by atoms with Crippen LogP contribution in [0, 0.1) is 5.92 Å². The van der Waals surface area contributed by atoms with Crippen molar-refractivity contribution in [1.29, 1.82) is 0 Å². The molecule has 2 aliphatic rings. The number of hydrogen-bond donors (Lipinski definition) is 0. The zero-order valence-electron chi connectivity index (χ0n) is 10.8. The van der Waals surface area contributed by atoms with Crippen molar-refractivity contribution in [2.45, 2.75) is 42.0 Å². The van der Waals surface area contributed by atoms with E-state index in [0.717, 1.165) is 23.7 Å². The molecular formula is C14H18BrNO2S. The first-order valence-corrected chi connectivity index (χ1v) is 9.34. The lowest BCUT2D eigenvalue weighted by Crippen LogP contribution is -2.34. The van der Waals surface area contributed by atoms with E-state index in [1.807, 2.05) is 12.1 Å². The van der Waals surface area contributed by atoms with Crippen molar-refractivity contribution in [2.75, 3.05) is 6.54 Å². The second kappa shape index (κ2) is 5.19. The van der Waals surface area contributed by atoms with Gasteiger partial charge < -0.3 is 0 Å². The van der Waals surface area contributed by atoms with Gasteiger partial charge in [0, 0.05) is 17.9 Å². The first-order valence-electron chi connectivity index (χ1n) is 6.78. The van der Waals surface area contributed by atoms with Crippen LogP contribution in [-0.4, -0.2) is 25.3 Å². The van der Waals surface area contributed by atoms with Gasteiger partial charge in [-0.3, -0.25) is 0 Å². The summed E-state index contributed by atoms with van der Waals surface area (Å²) < 4.78 is 27.1. The van der Waals surface area contributed by atoms with Crippen molar-refractivity contribution in [3.05, 3.63) is 29.8 Å². The van der Waals surface area contributed by atoms with Gasteiger partial charge >= 0.3 is 0 Å². The smallest absolute Gasteiger partial charge is 0.207 e. The fraction of sp³-hybridized carbons (Fsp3) is 0.571. The summed E-state index contributed by atoms with van der Waals surface area (Å²) >= 11 is 3.38. The van der Waals surface area contributed by atoms with Crippen LogP contribution in [0.1, 0.15) is 31.2 Å². The molecule has 0 N–H and O–H groups in total. The highest BCUT2D eigenvalue weighted by atomic mass is 79.9. The third-order valence-corrected chi connectivity index (χ3v) is 6.35. The monoisotopic (exact) mass is 343 g/mol. The highest BCUT2D eigenvalue weighted by Gasteiger charge is 2.40. The van der Waals surface area contributed by atoms with E-state index in [1.54, 1.807) is 16.4 Å². The number of halogens is 1. The van der Waals surface area contributed by atoms with Crippen molar-refractivity contribution >= 4 is 26.0 Å². The van der Waals surface area contributed by atoms with Crippen molar-refractivity contribution in [3.63, 3.8) is 0 Å². The Hall–Kier alpha value is -0.390. The number of nitrogens with zero attached hydrogens (tertiary/aromatic N) is 1. The molecule has 5 heteroatoms. The van der Waals surface area contributed by atoms with Gasteiger partial charge in [0.2, 0.25) is 10.0 Å². The Balaban J connectivity index is 1.85. The Morgan fingerprint density at radius 2 is 1.74 bits per heavy atom. The summed E-state index contributed by atoms with van der Waals surface area (Å²) in [5.74, 6) is 0.595. The maximum atomic E-state index is 12.7. The third-order valence-electron chi connectivity index (χ3n) is 3.77. The van der Waals surface area contributed by atoms with Gasteiger partial charge in [0.15, 0.2) is 0 Å². The van der Waals surface area contributed by atoms with E-state index < -0.39 is 10.0 Å². The average Bonchev–Trinajstić information content (AvgIpc) is 3.28. The minimum Gasteiger partial charge on any atom is -0.207 e. The maximum Gasteiger partial charge on any atom is 0.243 e. The Bertz CT molecular complexity index is 547. The van der Waals surface area contributed by atoms with Gasteiger partial charge in [0.05, 0.1) is 4.90 Å². The molecular weight excluding hydrogens is 326 g/mol. The van der Waals surface area contributed by atoms with E-state index in [4.69, 9.17) is 0 Å². The molecule has 0 unspecified atom stereocenters. The topological polar surface area (TPSA) is 37.4 Å². The lowest BCUT2D eigenvalue weighted by Gasteiger charge is -2.21. The van der Waals surface area contributed by atoms with Gasteiger partial charge in [0.25, 0.3) is 0 Å². The van der Waals surface area contributed by atoms with Crippen LogP contribution in [0.25, 0.3) is 0 Å². The summed E-state index contributed by atoms with van der Waals surface area (Å²) in [6.07, 6.45) is 4.40. The number of rotatable bonds is 6. The number of sulfonamides is 1. The van der Waals surface area contributed by atoms with Crippen molar-refractivity contribution in [2.24, 2.45) is 5.92 Å². The van der Waals surface area contributed by atoms with Gasteiger partial charge in [-0.15, -0.1) is 0 Å². The summed E-state index contributed by atoms with van der Waals surface area (Å²) in [6.45, 7) is 0.715. The van der Waals surface area contributed by atoms with E-state index in [-0.39, 0.29) is 6.04 Å². The molecule has 2 fully saturated rings. The first kappa shape index (κ1) is 13.6. The zero-order chi connectivity index (χ0) is 13.5. The molecule has 2 aliphatic carbocycles. The molecule has 0 spiro atoms. The molecule has 1 aromatic rings.